The van der Waals surface area contributed by atoms with Gasteiger partial charge in [0.1, 0.15) is 11.6 Å². The molecule has 0 saturated heterocycles. The minimum atomic E-state index is -4.39. The minimum Gasteiger partial charge on any atom is -0.355 e. The van der Waals surface area contributed by atoms with Gasteiger partial charge in [-0.3, -0.25) is 0 Å². The Kier molecular flexibility index (Phi) is 3.92. The fraction of sp³-hybridized carbons (Fsp3) is 0.214. The van der Waals surface area contributed by atoms with E-state index in [0.717, 1.165) is 23.9 Å². The number of rotatable bonds is 3. The molecule has 2 nitrogen and oxygen atoms in total. The highest BCUT2D eigenvalue weighted by molar-refractivity contribution is 5.41. The van der Waals surface area contributed by atoms with Crippen molar-refractivity contribution in [1.82, 2.24) is 4.98 Å². The van der Waals surface area contributed by atoms with Crippen LogP contribution in [0.1, 0.15) is 11.1 Å². The highest BCUT2D eigenvalue weighted by atomic mass is 19.4. The van der Waals surface area contributed by atoms with Gasteiger partial charge in [0.2, 0.25) is 0 Å². The van der Waals surface area contributed by atoms with Gasteiger partial charge in [-0.2, -0.15) is 13.2 Å². The molecule has 0 fully saturated rings. The Balaban J connectivity index is 2.17. The van der Waals surface area contributed by atoms with E-state index in [4.69, 9.17) is 0 Å². The number of hydrogen-bond acceptors (Lipinski definition) is 2. The average molecular weight is 284 g/mol. The molecule has 2 aromatic rings. The summed E-state index contributed by atoms with van der Waals surface area (Å²) < 4.78 is 50.6. The standard InChI is InChI=1S/C14H12F4N2/c1-20(9-10-2-4-12(15)5-3-10)13-8-11(6-7-19-13)14(16,17)18/h2-8H,9H2,1H3. The van der Waals surface area contributed by atoms with Crippen LogP contribution in [0.3, 0.4) is 0 Å². The first-order chi connectivity index (χ1) is 9.36. The van der Waals surface area contributed by atoms with Gasteiger partial charge in [0, 0.05) is 19.8 Å². The van der Waals surface area contributed by atoms with E-state index in [1.165, 1.54) is 12.1 Å². The Morgan fingerprint density at radius 2 is 1.75 bits per heavy atom. The molecule has 0 aliphatic carbocycles. The van der Waals surface area contributed by atoms with E-state index < -0.39 is 11.7 Å². The van der Waals surface area contributed by atoms with E-state index >= 15 is 0 Å². The monoisotopic (exact) mass is 284 g/mol. The van der Waals surface area contributed by atoms with Crippen molar-refractivity contribution in [1.29, 1.82) is 0 Å². The van der Waals surface area contributed by atoms with Crippen molar-refractivity contribution >= 4 is 5.82 Å². The van der Waals surface area contributed by atoms with Gasteiger partial charge in [0.05, 0.1) is 5.56 Å². The molecule has 1 aromatic heterocycles. The largest absolute Gasteiger partial charge is 0.416 e. The van der Waals surface area contributed by atoms with Crippen LogP contribution >= 0.6 is 0 Å². The molecule has 2 rings (SSSR count). The van der Waals surface area contributed by atoms with Gasteiger partial charge in [0.15, 0.2) is 0 Å². The third kappa shape index (κ3) is 3.46. The van der Waals surface area contributed by atoms with Crippen molar-refractivity contribution in [3.8, 4) is 0 Å². The highest BCUT2D eigenvalue weighted by Crippen LogP contribution is 2.30. The van der Waals surface area contributed by atoms with E-state index in [0.29, 0.717) is 6.54 Å². The first kappa shape index (κ1) is 14.3. The molecule has 0 saturated carbocycles. The van der Waals surface area contributed by atoms with Crippen LogP contribution in [0.4, 0.5) is 23.4 Å². The Hall–Kier alpha value is -2.11. The number of aromatic nitrogens is 1. The fourth-order valence-corrected chi connectivity index (χ4v) is 1.75. The fourth-order valence-electron chi connectivity index (χ4n) is 1.75. The van der Waals surface area contributed by atoms with E-state index in [-0.39, 0.29) is 11.6 Å². The van der Waals surface area contributed by atoms with Crippen molar-refractivity contribution in [3.63, 3.8) is 0 Å². The molecule has 0 spiro atoms. The van der Waals surface area contributed by atoms with Crippen molar-refractivity contribution in [2.24, 2.45) is 0 Å². The molecule has 1 aromatic carbocycles. The quantitative estimate of drug-likeness (QED) is 0.795. The molecule has 0 radical (unpaired) electrons. The Morgan fingerprint density at radius 1 is 1.10 bits per heavy atom. The number of pyridine rings is 1. The zero-order valence-electron chi connectivity index (χ0n) is 10.7. The Morgan fingerprint density at radius 3 is 2.35 bits per heavy atom. The van der Waals surface area contributed by atoms with Gasteiger partial charge in [-0.25, -0.2) is 9.37 Å². The van der Waals surface area contributed by atoms with Crippen molar-refractivity contribution in [3.05, 3.63) is 59.5 Å². The SMILES string of the molecule is CN(Cc1ccc(F)cc1)c1cc(C(F)(F)F)ccn1. The van der Waals surface area contributed by atoms with E-state index in [2.05, 4.69) is 4.98 Å². The number of nitrogens with zero attached hydrogens (tertiary/aromatic N) is 2. The molecule has 0 aliphatic heterocycles. The summed E-state index contributed by atoms with van der Waals surface area (Å²) in [6.07, 6.45) is -3.27. The van der Waals surface area contributed by atoms with Crippen molar-refractivity contribution < 1.29 is 17.6 Å². The average Bonchev–Trinajstić information content (AvgIpc) is 2.40. The first-order valence-corrected chi connectivity index (χ1v) is 5.85. The molecule has 6 heteroatoms. The maximum absolute atomic E-state index is 12.8. The topological polar surface area (TPSA) is 16.1 Å². The summed E-state index contributed by atoms with van der Waals surface area (Å²) in [5.41, 5.74) is 0.0431. The molecule has 20 heavy (non-hydrogen) atoms. The van der Waals surface area contributed by atoms with Gasteiger partial charge in [-0.1, -0.05) is 12.1 Å². The van der Waals surface area contributed by atoms with Gasteiger partial charge in [-0.05, 0) is 29.8 Å². The molecule has 106 valence electrons. The maximum atomic E-state index is 12.8. The lowest BCUT2D eigenvalue weighted by Crippen LogP contribution is -2.18. The van der Waals surface area contributed by atoms with Crippen LogP contribution in [-0.2, 0) is 12.7 Å². The summed E-state index contributed by atoms with van der Waals surface area (Å²) in [6.45, 7) is 0.342. The summed E-state index contributed by atoms with van der Waals surface area (Å²) in [6, 6.07) is 7.70. The summed E-state index contributed by atoms with van der Waals surface area (Å²) in [4.78, 5) is 5.49. The normalized spacial score (nSPS) is 11.4. The molecule has 0 atom stereocenters. The highest BCUT2D eigenvalue weighted by Gasteiger charge is 2.31. The summed E-state index contributed by atoms with van der Waals surface area (Å²) in [5, 5.41) is 0. The van der Waals surface area contributed by atoms with Gasteiger partial charge >= 0.3 is 6.18 Å². The predicted octanol–water partition coefficient (Wildman–Crippen LogP) is 3.88. The van der Waals surface area contributed by atoms with E-state index in [9.17, 15) is 17.6 Å². The smallest absolute Gasteiger partial charge is 0.355 e. The van der Waals surface area contributed by atoms with Gasteiger partial charge in [0.25, 0.3) is 0 Å². The molecule has 0 N–H and O–H groups in total. The van der Waals surface area contributed by atoms with Crippen LogP contribution in [0.25, 0.3) is 0 Å². The second-order valence-electron chi connectivity index (χ2n) is 4.38. The number of halogens is 4. The van der Waals surface area contributed by atoms with Crippen LogP contribution in [-0.4, -0.2) is 12.0 Å². The number of benzene rings is 1. The van der Waals surface area contributed by atoms with Crippen LogP contribution in [0.5, 0.6) is 0 Å². The lowest BCUT2D eigenvalue weighted by atomic mass is 10.2. The molecule has 0 unspecified atom stereocenters. The van der Waals surface area contributed by atoms with Crippen molar-refractivity contribution in [2.75, 3.05) is 11.9 Å². The third-order valence-corrected chi connectivity index (χ3v) is 2.80. The van der Waals surface area contributed by atoms with Crippen molar-refractivity contribution in [2.45, 2.75) is 12.7 Å². The number of hydrogen-bond donors (Lipinski definition) is 0. The first-order valence-electron chi connectivity index (χ1n) is 5.85. The molecular weight excluding hydrogens is 272 g/mol. The van der Waals surface area contributed by atoms with Crippen LogP contribution < -0.4 is 4.90 Å². The lowest BCUT2D eigenvalue weighted by Gasteiger charge is -2.19. The summed E-state index contributed by atoms with van der Waals surface area (Å²) >= 11 is 0. The van der Waals surface area contributed by atoms with Crippen LogP contribution in [0.15, 0.2) is 42.6 Å². The van der Waals surface area contributed by atoms with Crippen LogP contribution in [0.2, 0.25) is 0 Å². The molecule has 0 aliphatic rings. The van der Waals surface area contributed by atoms with Gasteiger partial charge < -0.3 is 4.90 Å². The lowest BCUT2D eigenvalue weighted by molar-refractivity contribution is -0.137. The second kappa shape index (κ2) is 5.48. The second-order valence-corrected chi connectivity index (χ2v) is 4.38. The van der Waals surface area contributed by atoms with Gasteiger partial charge in [-0.15, -0.1) is 0 Å². The number of alkyl halides is 3. The summed E-state index contributed by atoms with van der Waals surface area (Å²) in [7, 11) is 1.63. The van der Waals surface area contributed by atoms with E-state index in [1.807, 2.05) is 0 Å². The third-order valence-electron chi connectivity index (χ3n) is 2.80. The molecular formula is C14H12F4N2. The zero-order chi connectivity index (χ0) is 14.8. The number of anilines is 1. The maximum Gasteiger partial charge on any atom is 0.416 e. The van der Waals surface area contributed by atoms with E-state index in [1.54, 1.807) is 24.1 Å². The van der Waals surface area contributed by atoms with Crippen LogP contribution in [0, 0.1) is 5.82 Å². The zero-order valence-corrected chi connectivity index (χ0v) is 10.7. The molecule has 0 bridgehead atoms. The molecule has 0 amide bonds. The predicted molar refractivity (Wildman–Crippen MR) is 67.7 cm³/mol. The molecule has 1 heterocycles. The summed E-state index contributed by atoms with van der Waals surface area (Å²) in [5.74, 6) is -0.141. The minimum absolute atomic E-state index is 0.212. The Labute approximate surface area is 113 Å². The Bertz CT molecular complexity index is 578.